The van der Waals surface area contributed by atoms with E-state index in [1.807, 2.05) is 0 Å². The number of anilines is 6. The molecule has 0 saturated heterocycles. The summed E-state index contributed by atoms with van der Waals surface area (Å²) in [5.74, 6) is 0. The average molecular weight is 883 g/mol. The molecule has 0 atom stereocenters. The zero-order valence-electron chi connectivity index (χ0n) is 38.8. The number of nitrogens with zero attached hydrogens (tertiary/aromatic N) is 2. The van der Waals surface area contributed by atoms with Crippen molar-refractivity contribution in [2.45, 2.75) is 19.3 Å². The van der Waals surface area contributed by atoms with Gasteiger partial charge in [-0.25, -0.2) is 0 Å². The minimum atomic E-state index is -0.235. The summed E-state index contributed by atoms with van der Waals surface area (Å²) in [5.41, 5.74) is 20.9. The van der Waals surface area contributed by atoms with Crippen LogP contribution in [-0.4, -0.2) is 0 Å². The fourth-order valence-corrected chi connectivity index (χ4v) is 10.7. The monoisotopic (exact) mass is 882 g/mol. The van der Waals surface area contributed by atoms with Crippen LogP contribution in [-0.2, 0) is 5.41 Å². The van der Waals surface area contributed by atoms with Gasteiger partial charge in [0, 0.05) is 39.4 Å². The Bertz CT molecular complexity index is 3580. The molecule has 12 rings (SSSR count). The number of hydrogen-bond acceptors (Lipinski definition) is 2. The molecular formula is C67H50N2. The maximum Gasteiger partial charge on any atom is 0.0540 e. The molecule has 1 aliphatic carbocycles. The zero-order valence-corrected chi connectivity index (χ0v) is 38.8. The lowest BCUT2D eigenvalue weighted by Gasteiger charge is -2.32. The van der Waals surface area contributed by atoms with E-state index in [9.17, 15) is 0 Å². The summed E-state index contributed by atoms with van der Waals surface area (Å²) in [6, 6.07) is 97.6. The summed E-state index contributed by atoms with van der Waals surface area (Å²) in [6.45, 7) is 4.76. The van der Waals surface area contributed by atoms with Gasteiger partial charge in [-0.15, -0.1) is 0 Å². The van der Waals surface area contributed by atoms with Gasteiger partial charge in [-0.3, -0.25) is 0 Å². The van der Waals surface area contributed by atoms with Crippen LogP contribution >= 0.6 is 0 Å². The van der Waals surface area contributed by atoms with Crippen LogP contribution in [0.5, 0.6) is 0 Å². The third kappa shape index (κ3) is 7.57. The first-order valence-corrected chi connectivity index (χ1v) is 23.9. The number of para-hydroxylation sites is 3. The van der Waals surface area contributed by atoms with E-state index in [4.69, 9.17) is 0 Å². The molecule has 0 radical (unpaired) electrons. The Morgan fingerprint density at radius 2 is 0.826 bits per heavy atom. The van der Waals surface area contributed by atoms with E-state index in [2.05, 4.69) is 291 Å². The third-order valence-electron chi connectivity index (χ3n) is 14.0. The van der Waals surface area contributed by atoms with Crippen molar-refractivity contribution in [3.63, 3.8) is 0 Å². The standard InChI is InChI=1S/C67H50N2/c1-67(2)63-41-37-51(47-22-8-3-9-23-47)44-62(63)61-40-38-55(46-64(61)67)69(65-35-21-20-33-58(65)48-24-10-4-11-25-48)57-43-52(42-56(45-57)68(53-29-14-6-15-30-53)54-31-16-7-17-32-54)60-39-36-49-26-18-19-34-59(49)66(60)50-27-12-5-13-28-50/h3-46H,1-2H3. The van der Waals surface area contributed by atoms with Crippen molar-refractivity contribution in [1.29, 1.82) is 0 Å². The van der Waals surface area contributed by atoms with E-state index < -0.39 is 0 Å². The predicted molar refractivity (Wildman–Crippen MR) is 293 cm³/mol. The molecule has 11 aromatic carbocycles. The fraction of sp³-hybridized carbons (Fsp3) is 0.0448. The number of hydrogen-bond donors (Lipinski definition) is 0. The summed E-state index contributed by atoms with van der Waals surface area (Å²) in [7, 11) is 0. The van der Waals surface area contributed by atoms with Crippen LogP contribution in [0.4, 0.5) is 34.1 Å². The summed E-state index contributed by atoms with van der Waals surface area (Å²) in [5, 5.41) is 2.43. The molecule has 0 aliphatic heterocycles. The molecule has 11 aromatic rings. The van der Waals surface area contributed by atoms with Crippen LogP contribution in [0.25, 0.3) is 66.4 Å². The second-order valence-electron chi connectivity index (χ2n) is 18.5. The summed E-state index contributed by atoms with van der Waals surface area (Å²) in [4.78, 5) is 4.89. The SMILES string of the molecule is CC1(C)c2ccc(-c3ccccc3)cc2-c2ccc(N(c3cc(-c4ccc5ccccc5c4-c4ccccc4)cc(N(c4ccccc4)c4ccccc4)c3)c3ccccc3-c3ccccc3)cc21. The quantitative estimate of drug-likeness (QED) is 0.135. The van der Waals surface area contributed by atoms with E-state index in [1.165, 1.54) is 60.8 Å². The summed E-state index contributed by atoms with van der Waals surface area (Å²) < 4.78 is 0. The largest absolute Gasteiger partial charge is 0.310 e. The Kier molecular flexibility index (Phi) is 10.6. The molecule has 0 unspecified atom stereocenters. The van der Waals surface area contributed by atoms with Gasteiger partial charge in [0.25, 0.3) is 0 Å². The Labute approximate surface area is 405 Å². The second-order valence-corrected chi connectivity index (χ2v) is 18.5. The highest BCUT2D eigenvalue weighted by Gasteiger charge is 2.36. The van der Waals surface area contributed by atoms with Gasteiger partial charge in [0.15, 0.2) is 0 Å². The molecule has 0 amide bonds. The lowest BCUT2D eigenvalue weighted by atomic mass is 9.82. The second kappa shape index (κ2) is 17.5. The van der Waals surface area contributed by atoms with E-state index in [0.717, 1.165) is 50.8 Å². The molecule has 0 saturated carbocycles. The molecular weight excluding hydrogens is 833 g/mol. The van der Waals surface area contributed by atoms with Gasteiger partial charge in [-0.05, 0) is 139 Å². The Balaban J connectivity index is 1.14. The number of fused-ring (bicyclic) bond motifs is 4. The average Bonchev–Trinajstić information content (AvgIpc) is 3.64. The first-order chi connectivity index (χ1) is 34.0. The van der Waals surface area contributed by atoms with Crippen LogP contribution in [0.1, 0.15) is 25.0 Å². The van der Waals surface area contributed by atoms with E-state index in [-0.39, 0.29) is 5.41 Å². The Morgan fingerprint density at radius 1 is 0.275 bits per heavy atom. The Hall–Kier alpha value is -8.72. The van der Waals surface area contributed by atoms with Crippen molar-refractivity contribution < 1.29 is 0 Å². The highest BCUT2D eigenvalue weighted by molar-refractivity contribution is 6.05. The fourth-order valence-electron chi connectivity index (χ4n) is 10.7. The highest BCUT2D eigenvalue weighted by atomic mass is 15.2. The van der Waals surface area contributed by atoms with E-state index in [1.54, 1.807) is 0 Å². The maximum absolute atomic E-state index is 2.50. The van der Waals surface area contributed by atoms with Crippen molar-refractivity contribution in [1.82, 2.24) is 0 Å². The summed E-state index contributed by atoms with van der Waals surface area (Å²) in [6.07, 6.45) is 0. The molecule has 0 aromatic heterocycles. The predicted octanol–water partition coefficient (Wildman–Crippen LogP) is 18.8. The minimum absolute atomic E-state index is 0.235. The smallest absolute Gasteiger partial charge is 0.0540 e. The maximum atomic E-state index is 2.50. The van der Waals surface area contributed by atoms with Gasteiger partial charge in [-0.2, -0.15) is 0 Å². The molecule has 0 heterocycles. The normalized spacial score (nSPS) is 12.3. The molecule has 2 nitrogen and oxygen atoms in total. The van der Waals surface area contributed by atoms with Crippen LogP contribution in [0.2, 0.25) is 0 Å². The van der Waals surface area contributed by atoms with Gasteiger partial charge in [-0.1, -0.05) is 214 Å². The van der Waals surface area contributed by atoms with E-state index in [0.29, 0.717) is 0 Å². The van der Waals surface area contributed by atoms with E-state index >= 15 is 0 Å². The van der Waals surface area contributed by atoms with Crippen molar-refractivity contribution in [3.8, 4) is 55.6 Å². The van der Waals surface area contributed by atoms with Gasteiger partial charge in [0.1, 0.15) is 0 Å². The van der Waals surface area contributed by atoms with Crippen molar-refractivity contribution in [2.75, 3.05) is 9.80 Å². The van der Waals surface area contributed by atoms with Crippen LogP contribution < -0.4 is 9.80 Å². The zero-order chi connectivity index (χ0) is 46.3. The highest BCUT2D eigenvalue weighted by Crippen LogP contribution is 2.53. The van der Waals surface area contributed by atoms with Crippen molar-refractivity contribution in [3.05, 3.63) is 278 Å². The van der Waals surface area contributed by atoms with Gasteiger partial charge in [0.2, 0.25) is 0 Å². The van der Waals surface area contributed by atoms with Gasteiger partial charge < -0.3 is 9.80 Å². The molecule has 328 valence electrons. The molecule has 0 bridgehead atoms. The van der Waals surface area contributed by atoms with Crippen LogP contribution in [0, 0.1) is 0 Å². The van der Waals surface area contributed by atoms with Crippen molar-refractivity contribution in [2.24, 2.45) is 0 Å². The minimum Gasteiger partial charge on any atom is -0.310 e. The van der Waals surface area contributed by atoms with Gasteiger partial charge in [0.05, 0.1) is 5.69 Å². The topological polar surface area (TPSA) is 6.48 Å². The van der Waals surface area contributed by atoms with Crippen LogP contribution in [0.15, 0.2) is 267 Å². The number of benzene rings is 11. The number of rotatable bonds is 10. The van der Waals surface area contributed by atoms with Gasteiger partial charge >= 0.3 is 0 Å². The Morgan fingerprint density at radius 3 is 1.51 bits per heavy atom. The molecule has 69 heavy (non-hydrogen) atoms. The lowest BCUT2D eigenvalue weighted by Crippen LogP contribution is -2.17. The molecule has 1 aliphatic rings. The van der Waals surface area contributed by atoms with Crippen molar-refractivity contribution >= 4 is 44.9 Å². The summed E-state index contributed by atoms with van der Waals surface area (Å²) >= 11 is 0. The first kappa shape index (κ1) is 41.7. The lowest BCUT2D eigenvalue weighted by molar-refractivity contribution is 0.660. The molecule has 2 heteroatoms. The molecule has 0 N–H and O–H groups in total. The first-order valence-electron chi connectivity index (χ1n) is 23.9. The van der Waals surface area contributed by atoms with Crippen LogP contribution in [0.3, 0.4) is 0 Å². The molecule has 0 fully saturated rings. The third-order valence-corrected chi connectivity index (χ3v) is 14.0. The molecule has 0 spiro atoms.